The van der Waals surface area contributed by atoms with E-state index in [2.05, 4.69) is 0 Å². The highest BCUT2D eigenvalue weighted by molar-refractivity contribution is 5.97. The molecule has 0 spiro atoms. The largest absolute Gasteiger partial charge is 0.508 e. The number of aliphatic hydroxyl groups is 1. The Labute approximate surface area is 106 Å². The van der Waals surface area contributed by atoms with E-state index >= 15 is 0 Å². The molecular formula is C13H19NO4. The molecule has 0 radical (unpaired) electrons. The SMILES string of the molecule is CC(C)N(CCCO)C(=O)c1ccc(O)cc1O. The fourth-order valence-corrected chi connectivity index (χ4v) is 1.69. The minimum atomic E-state index is -0.309. The molecule has 5 heteroatoms. The molecule has 0 heterocycles. The lowest BCUT2D eigenvalue weighted by Crippen LogP contribution is -2.38. The number of hydrogen-bond acceptors (Lipinski definition) is 4. The van der Waals surface area contributed by atoms with Crippen LogP contribution in [-0.2, 0) is 0 Å². The van der Waals surface area contributed by atoms with Crippen LogP contribution in [0.2, 0.25) is 0 Å². The van der Waals surface area contributed by atoms with E-state index in [-0.39, 0.29) is 35.6 Å². The fraction of sp³-hybridized carbons (Fsp3) is 0.462. The molecule has 0 aliphatic rings. The van der Waals surface area contributed by atoms with Gasteiger partial charge in [0.1, 0.15) is 11.5 Å². The zero-order valence-electron chi connectivity index (χ0n) is 10.6. The summed E-state index contributed by atoms with van der Waals surface area (Å²) in [5.41, 5.74) is 0.152. The van der Waals surface area contributed by atoms with Crippen LogP contribution >= 0.6 is 0 Å². The summed E-state index contributed by atoms with van der Waals surface area (Å²) < 4.78 is 0. The molecule has 0 unspecified atom stereocenters. The lowest BCUT2D eigenvalue weighted by molar-refractivity contribution is 0.0690. The van der Waals surface area contributed by atoms with Crippen LogP contribution in [0.5, 0.6) is 11.5 Å². The lowest BCUT2D eigenvalue weighted by Gasteiger charge is -2.26. The van der Waals surface area contributed by atoms with Gasteiger partial charge in [0.05, 0.1) is 5.56 Å². The first-order valence-corrected chi connectivity index (χ1v) is 5.91. The van der Waals surface area contributed by atoms with Crippen molar-refractivity contribution in [3.05, 3.63) is 23.8 Å². The first-order valence-electron chi connectivity index (χ1n) is 5.91. The van der Waals surface area contributed by atoms with E-state index < -0.39 is 0 Å². The summed E-state index contributed by atoms with van der Waals surface area (Å²) in [4.78, 5) is 13.8. The Balaban J connectivity index is 2.94. The summed E-state index contributed by atoms with van der Waals surface area (Å²) in [5, 5.41) is 27.7. The normalized spacial score (nSPS) is 10.7. The van der Waals surface area contributed by atoms with E-state index in [0.717, 1.165) is 6.07 Å². The van der Waals surface area contributed by atoms with Crippen molar-refractivity contribution in [3.8, 4) is 11.5 Å². The van der Waals surface area contributed by atoms with Crippen molar-refractivity contribution in [2.75, 3.05) is 13.2 Å². The van der Waals surface area contributed by atoms with Crippen molar-refractivity contribution in [2.24, 2.45) is 0 Å². The van der Waals surface area contributed by atoms with E-state index in [4.69, 9.17) is 5.11 Å². The zero-order chi connectivity index (χ0) is 13.7. The summed E-state index contributed by atoms with van der Waals surface area (Å²) >= 11 is 0. The molecule has 3 N–H and O–H groups in total. The third-order valence-corrected chi connectivity index (χ3v) is 2.65. The Hall–Kier alpha value is -1.75. The van der Waals surface area contributed by atoms with Crippen LogP contribution in [0.25, 0.3) is 0 Å². The molecule has 0 aliphatic carbocycles. The highest BCUT2D eigenvalue weighted by Crippen LogP contribution is 2.24. The van der Waals surface area contributed by atoms with Gasteiger partial charge in [-0.1, -0.05) is 0 Å². The van der Waals surface area contributed by atoms with Crippen molar-refractivity contribution < 1.29 is 20.1 Å². The molecule has 100 valence electrons. The first kappa shape index (κ1) is 14.3. The fourth-order valence-electron chi connectivity index (χ4n) is 1.69. The maximum atomic E-state index is 12.2. The van der Waals surface area contributed by atoms with E-state index in [1.54, 1.807) is 4.90 Å². The lowest BCUT2D eigenvalue weighted by atomic mass is 10.1. The molecule has 0 saturated heterocycles. The van der Waals surface area contributed by atoms with Crippen LogP contribution in [0.3, 0.4) is 0 Å². The van der Waals surface area contributed by atoms with Gasteiger partial charge >= 0.3 is 0 Å². The van der Waals surface area contributed by atoms with Gasteiger partial charge in [0, 0.05) is 25.3 Å². The Kier molecular flexibility index (Phi) is 4.97. The van der Waals surface area contributed by atoms with Crippen LogP contribution < -0.4 is 0 Å². The van der Waals surface area contributed by atoms with Gasteiger partial charge in [-0.05, 0) is 32.4 Å². The molecule has 1 aromatic carbocycles. The number of phenols is 2. The van der Waals surface area contributed by atoms with Gasteiger partial charge in [-0.15, -0.1) is 0 Å². The van der Waals surface area contributed by atoms with E-state index in [0.29, 0.717) is 13.0 Å². The predicted octanol–water partition coefficient (Wildman–Crippen LogP) is 1.33. The van der Waals surface area contributed by atoms with Gasteiger partial charge in [-0.3, -0.25) is 4.79 Å². The number of aromatic hydroxyl groups is 2. The van der Waals surface area contributed by atoms with Gasteiger partial charge in [-0.25, -0.2) is 0 Å². The number of amides is 1. The van der Waals surface area contributed by atoms with Crippen molar-refractivity contribution in [2.45, 2.75) is 26.3 Å². The van der Waals surface area contributed by atoms with Crippen LogP contribution in [0, 0.1) is 0 Å². The van der Waals surface area contributed by atoms with Crippen molar-refractivity contribution >= 4 is 5.91 Å². The van der Waals surface area contributed by atoms with Crippen molar-refractivity contribution in [1.82, 2.24) is 4.90 Å². The third kappa shape index (κ3) is 3.37. The molecule has 0 atom stereocenters. The predicted molar refractivity (Wildman–Crippen MR) is 67.6 cm³/mol. The Morgan fingerprint density at radius 2 is 2.00 bits per heavy atom. The average molecular weight is 253 g/mol. The number of carbonyl (C=O) groups is 1. The second-order valence-corrected chi connectivity index (χ2v) is 4.37. The van der Waals surface area contributed by atoms with Gasteiger partial charge < -0.3 is 20.2 Å². The number of nitrogens with zero attached hydrogens (tertiary/aromatic N) is 1. The minimum absolute atomic E-state index is 0.0120. The van der Waals surface area contributed by atoms with E-state index in [1.165, 1.54) is 12.1 Å². The molecule has 0 bridgehead atoms. The number of phenolic OH excluding ortho intramolecular Hbond substituents is 2. The molecule has 1 rings (SSSR count). The summed E-state index contributed by atoms with van der Waals surface area (Å²) in [7, 11) is 0. The summed E-state index contributed by atoms with van der Waals surface area (Å²) in [6, 6.07) is 3.86. The summed E-state index contributed by atoms with van der Waals surface area (Å²) in [5.74, 6) is -0.638. The maximum absolute atomic E-state index is 12.2. The monoisotopic (exact) mass is 253 g/mol. The number of rotatable bonds is 5. The number of aliphatic hydroxyl groups excluding tert-OH is 1. The Bertz CT molecular complexity index is 417. The molecule has 18 heavy (non-hydrogen) atoms. The molecule has 0 fully saturated rings. The molecule has 0 aliphatic heterocycles. The number of hydrogen-bond donors (Lipinski definition) is 3. The zero-order valence-corrected chi connectivity index (χ0v) is 10.6. The second-order valence-electron chi connectivity index (χ2n) is 4.37. The molecule has 1 aromatic rings. The Morgan fingerprint density at radius 1 is 1.33 bits per heavy atom. The minimum Gasteiger partial charge on any atom is -0.508 e. The smallest absolute Gasteiger partial charge is 0.257 e. The number of carbonyl (C=O) groups excluding carboxylic acids is 1. The molecular weight excluding hydrogens is 234 g/mol. The second kappa shape index (κ2) is 6.26. The molecule has 5 nitrogen and oxygen atoms in total. The van der Waals surface area contributed by atoms with Crippen LogP contribution in [0.15, 0.2) is 18.2 Å². The highest BCUT2D eigenvalue weighted by Gasteiger charge is 2.21. The summed E-state index contributed by atoms with van der Waals surface area (Å²) in [6.45, 7) is 4.17. The van der Waals surface area contributed by atoms with Crippen molar-refractivity contribution in [3.63, 3.8) is 0 Å². The Morgan fingerprint density at radius 3 is 2.50 bits per heavy atom. The van der Waals surface area contributed by atoms with Crippen LogP contribution in [0.4, 0.5) is 0 Å². The first-order chi connectivity index (χ1) is 8.47. The quantitative estimate of drug-likeness (QED) is 0.739. The van der Waals surface area contributed by atoms with Gasteiger partial charge in [0.2, 0.25) is 0 Å². The van der Waals surface area contributed by atoms with Crippen LogP contribution in [0.1, 0.15) is 30.6 Å². The van der Waals surface area contributed by atoms with Gasteiger partial charge in [0.25, 0.3) is 5.91 Å². The topological polar surface area (TPSA) is 81.0 Å². The van der Waals surface area contributed by atoms with Gasteiger partial charge in [0.15, 0.2) is 0 Å². The van der Waals surface area contributed by atoms with E-state index in [1.807, 2.05) is 13.8 Å². The third-order valence-electron chi connectivity index (χ3n) is 2.65. The van der Waals surface area contributed by atoms with E-state index in [9.17, 15) is 15.0 Å². The number of benzene rings is 1. The standard InChI is InChI=1S/C13H19NO4/c1-9(2)14(6-3-7-15)13(18)11-5-4-10(16)8-12(11)17/h4-5,8-9,15-17H,3,6-7H2,1-2H3. The molecule has 0 saturated carbocycles. The van der Waals surface area contributed by atoms with Crippen LogP contribution in [-0.4, -0.2) is 45.3 Å². The summed E-state index contributed by atoms with van der Waals surface area (Å²) in [6.07, 6.45) is 0.489. The molecule has 0 aromatic heterocycles. The van der Waals surface area contributed by atoms with Crippen molar-refractivity contribution in [1.29, 1.82) is 0 Å². The maximum Gasteiger partial charge on any atom is 0.257 e. The van der Waals surface area contributed by atoms with Gasteiger partial charge in [-0.2, -0.15) is 0 Å². The molecule has 1 amide bonds. The highest BCUT2D eigenvalue weighted by atomic mass is 16.3. The average Bonchev–Trinajstić information content (AvgIpc) is 2.28.